The van der Waals surface area contributed by atoms with Crippen molar-refractivity contribution in [1.82, 2.24) is 0 Å². The summed E-state index contributed by atoms with van der Waals surface area (Å²) in [6, 6.07) is 3.48. The van der Waals surface area contributed by atoms with E-state index in [4.69, 9.17) is 9.47 Å². The summed E-state index contributed by atoms with van der Waals surface area (Å²) in [4.78, 5) is 0. The van der Waals surface area contributed by atoms with Crippen LogP contribution in [0.15, 0.2) is 17.5 Å². The Morgan fingerprint density at radius 3 is 2.64 bits per heavy atom. The zero-order valence-corrected chi connectivity index (χ0v) is 8.65. The van der Waals surface area contributed by atoms with Gasteiger partial charge in [-0.25, -0.2) is 4.39 Å². The number of thiophene rings is 1. The van der Waals surface area contributed by atoms with Crippen LogP contribution in [-0.4, -0.2) is 14.2 Å². The molecule has 0 atom stereocenters. The van der Waals surface area contributed by atoms with Crippen LogP contribution in [0.5, 0.6) is 11.5 Å². The summed E-state index contributed by atoms with van der Waals surface area (Å²) in [5, 5.41) is 1.99. The lowest BCUT2D eigenvalue weighted by atomic mass is 10.2. The summed E-state index contributed by atoms with van der Waals surface area (Å²) >= 11 is 1.34. The highest BCUT2D eigenvalue weighted by Crippen LogP contribution is 2.36. The monoisotopic (exact) mass is 212 g/mol. The Labute approximate surface area is 84.9 Å². The van der Waals surface area contributed by atoms with Crippen molar-refractivity contribution in [2.45, 2.75) is 0 Å². The van der Waals surface area contributed by atoms with Crippen molar-refractivity contribution in [3.8, 4) is 11.5 Å². The predicted molar refractivity (Wildman–Crippen MR) is 54.9 cm³/mol. The van der Waals surface area contributed by atoms with Crippen LogP contribution in [-0.2, 0) is 0 Å². The maximum absolute atomic E-state index is 13.3. The molecular weight excluding hydrogens is 203 g/mol. The molecule has 2 rings (SSSR count). The summed E-state index contributed by atoms with van der Waals surface area (Å²) in [6.07, 6.45) is 0. The minimum absolute atomic E-state index is 0.246. The number of benzene rings is 1. The van der Waals surface area contributed by atoms with Crippen LogP contribution in [0.3, 0.4) is 0 Å². The molecule has 2 aromatic rings. The predicted octanol–water partition coefficient (Wildman–Crippen LogP) is 3.06. The Balaban J connectivity index is 2.76. The molecule has 0 bridgehead atoms. The van der Waals surface area contributed by atoms with E-state index in [1.807, 2.05) is 0 Å². The van der Waals surface area contributed by atoms with Gasteiger partial charge in [0.05, 0.1) is 19.6 Å². The van der Waals surface area contributed by atoms with E-state index in [0.717, 1.165) is 4.70 Å². The van der Waals surface area contributed by atoms with Gasteiger partial charge in [-0.1, -0.05) is 0 Å². The van der Waals surface area contributed by atoms with Crippen molar-refractivity contribution in [1.29, 1.82) is 0 Å². The summed E-state index contributed by atoms with van der Waals surface area (Å²) in [6.45, 7) is 0. The Morgan fingerprint density at radius 2 is 2.00 bits per heavy atom. The first-order valence-electron chi connectivity index (χ1n) is 4.05. The quantitative estimate of drug-likeness (QED) is 0.761. The van der Waals surface area contributed by atoms with E-state index in [1.54, 1.807) is 19.2 Å². The molecule has 0 aliphatic heterocycles. The van der Waals surface area contributed by atoms with Gasteiger partial charge in [0.25, 0.3) is 0 Å². The molecule has 1 heterocycles. The van der Waals surface area contributed by atoms with Gasteiger partial charge in [0.15, 0.2) is 0 Å². The number of hydrogen-bond donors (Lipinski definition) is 0. The molecule has 74 valence electrons. The normalized spacial score (nSPS) is 10.5. The van der Waals surface area contributed by atoms with Gasteiger partial charge in [0.2, 0.25) is 0 Å². The SMILES string of the molecule is COc1cc(OC)c2c(F)csc2c1. The molecule has 0 aliphatic carbocycles. The van der Waals surface area contributed by atoms with Crippen LogP contribution in [0.4, 0.5) is 4.39 Å². The Hall–Kier alpha value is -1.29. The lowest BCUT2D eigenvalue weighted by Gasteiger charge is -2.05. The Kier molecular flexibility index (Phi) is 2.29. The number of halogens is 1. The summed E-state index contributed by atoms with van der Waals surface area (Å²) in [7, 11) is 3.09. The van der Waals surface area contributed by atoms with Crippen LogP contribution in [0.2, 0.25) is 0 Å². The molecule has 14 heavy (non-hydrogen) atoms. The zero-order valence-electron chi connectivity index (χ0n) is 7.83. The molecule has 0 aliphatic rings. The van der Waals surface area contributed by atoms with Crippen LogP contribution < -0.4 is 9.47 Å². The molecule has 1 aromatic carbocycles. The first-order valence-corrected chi connectivity index (χ1v) is 4.93. The average Bonchev–Trinajstić information content (AvgIpc) is 2.59. The molecular formula is C10H9FO2S. The molecule has 4 heteroatoms. The van der Waals surface area contributed by atoms with Crippen molar-refractivity contribution in [2.75, 3.05) is 14.2 Å². The molecule has 0 radical (unpaired) electrons. The number of ether oxygens (including phenoxy) is 2. The Bertz CT molecular complexity index is 464. The fraction of sp³-hybridized carbons (Fsp3) is 0.200. The third-order valence-electron chi connectivity index (χ3n) is 2.02. The first kappa shape index (κ1) is 9.27. The van der Waals surface area contributed by atoms with E-state index in [1.165, 1.54) is 23.8 Å². The van der Waals surface area contributed by atoms with Gasteiger partial charge in [0, 0.05) is 16.1 Å². The van der Waals surface area contributed by atoms with E-state index >= 15 is 0 Å². The highest BCUT2D eigenvalue weighted by atomic mass is 32.1. The smallest absolute Gasteiger partial charge is 0.145 e. The minimum atomic E-state index is -0.246. The van der Waals surface area contributed by atoms with E-state index in [-0.39, 0.29) is 5.82 Å². The van der Waals surface area contributed by atoms with Crippen molar-refractivity contribution < 1.29 is 13.9 Å². The highest BCUT2D eigenvalue weighted by molar-refractivity contribution is 7.17. The van der Waals surface area contributed by atoms with Crippen molar-refractivity contribution in [3.05, 3.63) is 23.3 Å². The van der Waals surface area contributed by atoms with Gasteiger partial charge in [-0.15, -0.1) is 11.3 Å². The molecule has 1 aromatic heterocycles. The van der Waals surface area contributed by atoms with Gasteiger partial charge in [-0.3, -0.25) is 0 Å². The minimum Gasteiger partial charge on any atom is -0.497 e. The molecule has 0 saturated carbocycles. The average molecular weight is 212 g/mol. The lowest BCUT2D eigenvalue weighted by Crippen LogP contribution is -1.87. The molecule has 0 spiro atoms. The standard InChI is InChI=1S/C10H9FO2S/c1-12-6-3-8(13-2)10-7(11)5-14-9(10)4-6/h3-5H,1-2H3. The maximum atomic E-state index is 13.3. The third kappa shape index (κ3) is 1.32. The van der Waals surface area contributed by atoms with Crippen LogP contribution in [0, 0.1) is 5.82 Å². The van der Waals surface area contributed by atoms with Crippen LogP contribution >= 0.6 is 11.3 Å². The lowest BCUT2D eigenvalue weighted by molar-refractivity contribution is 0.397. The van der Waals surface area contributed by atoms with E-state index in [9.17, 15) is 4.39 Å². The van der Waals surface area contributed by atoms with Crippen molar-refractivity contribution >= 4 is 21.4 Å². The second kappa shape index (κ2) is 3.46. The molecule has 0 saturated heterocycles. The molecule has 0 unspecified atom stereocenters. The number of rotatable bonds is 2. The fourth-order valence-electron chi connectivity index (χ4n) is 1.35. The summed E-state index contributed by atoms with van der Waals surface area (Å²) in [5.74, 6) is 0.943. The van der Waals surface area contributed by atoms with E-state index in [2.05, 4.69) is 0 Å². The van der Waals surface area contributed by atoms with Crippen molar-refractivity contribution in [2.24, 2.45) is 0 Å². The van der Waals surface area contributed by atoms with Gasteiger partial charge in [-0.05, 0) is 6.07 Å². The number of hydrogen-bond acceptors (Lipinski definition) is 3. The van der Waals surface area contributed by atoms with Crippen LogP contribution in [0.1, 0.15) is 0 Å². The summed E-state index contributed by atoms with van der Waals surface area (Å²) < 4.78 is 24.3. The van der Waals surface area contributed by atoms with Gasteiger partial charge in [-0.2, -0.15) is 0 Å². The second-order valence-electron chi connectivity index (χ2n) is 2.79. The fourth-order valence-corrected chi connectivity index (χ4v) is 2.20. The van der Waals surface area contributed by atoms with Crippen LogP contribution in [0.25, 0.3) is 10.1 Å². The third-order valence-corrected chi connectivity index (χ3v) is 2.92. The molecule has 0 N–H and O–H groups in total. The van der Waals surface area contributed by atoms with Gasteiger partial charge < -0.3 is 9.47 Å². The van der Waals surface area contributed by atoms with E-state index < -0.39 is 0 Å². The maximum Gasteiger partial charge on any atom is 0.145 e. The van der Waals surface area contributed by atoms with E-state index in [0.29, 0.717) is 16.9 Å². The highest BCUT2D eigenvalue weighted by Gasteiger charge is 2.11. The van der Waals surface area contributed by atoms with Crippen molar-refractivity contribution in [3.63, 3.8) is 0 Å². The number of fused-ring (bicyclic) bond motifs is 1. The number of methoxy groups -OCH3 is 2. The largest absolute Gasteiger partial charge is 0.497 e. The first-order chi connectivity index (χ1) is 6.76. The summed E-state index contributed by atoms with van der Waals surface area (Å²) in [5.41, 5.74) is 0. The second-order valence-corrected chi connectivity index (χ2v) is 3.70. The molecule has 2 nitrogen and oxygen atoms in total. The molecule has 0 fully saturated rings. The van der Waals surface area contributed by atoms with Gasteiger partial charge >= 0.3 is 0 Å². The Morgan fingerprint density at radius 1 is 1.21 bits per heavy atom. The van der Waals surface area contributed by atoms with Gasteiger partial charge in [0.1, 0.15) is 17.3 Å². The molecule has 0 amide bonds. The zero-order chi connectivity index (χ0) is 10.1. The topological polar surface area (TPSA) is 18.5 Å².